The minimum atomic E-state index is 0.125. The highest BCUT2D eigenvalue weighted by atomic mass is 79.9. The van der Waals surface area contributed by atoms with Crippen LogP contribution in [-0.4, -0.2) is 21.9 Å². The lowest BCUT2D eigenvalue weighted by molar-refractivity contribution is 0.0643. The van der Waals surface area contributed by atoms with Gasteiger partial charge in [-0.2, -0.15) is 0 Å². The summed E-state index contributed by atoms with van der Waals surface area (Å²) in [7, 11) is 0. The average Bonchev–Trinajstić information content (AvgIpc) is 2.97. The van der Waals surface area contributed by atoms with Crippen LogP contribution in [0.3, 0.4) is 0 Å². The van der Waals surface area contributed by atoms with Crippen LogP contribution in [-0.2, 0) is 6.54 Å². The fourth-order valence-electron chi connectivity index (χ4n) is 2.69. The number of hydrogen-bond acceptors (Lipinski definition) is 2. The van der Waals surface area contributed by atoms with Gasteiger partial charge in [0.1, 0.15) is 0 Å². The van der Waals surface area contributed by atoms with Gasteiger partial charge in [-0.25, -0.2) is 0 Å². The number of halogens is 1. The number of carbonyl (C=O) groups excluding carboxylic acids is 1. The van der Waals surface area contributed by atoms with Gasteiger partial charge in [-0.1, -0.05) is 0 Å². The van der Waals surface area contributed by atoms with Crippen molar-refractivity contribution in [2.75, 3.05) is 6.54 Å². The predicted molar refractivity (Wildman–Crippen MR) is 80.6 cm³/mol. The summed E-state index contributed by atoms with van der Waals surface area (Å²) in [6.07, 6.45) is 0. The summed E-state index contributed by atoms with van der Waals surface area (Å²) in [5.74, 6) is 0.125. The number of nitrogens with zero attached hydrogens (tertiary/aromatic N) is 2. The Morgan fingerprint density at radius 3 is 2.89 bits per heavy atom. The standard InChI is InChI=1S/C14H15BrN2OS/c1-9-3-4-12-10(2)17(6-5-16(9)12)14(18)11-7-13(15)19-8-11/h3-4,7-8,10H,5-6H2,1-2H3. The fraction of sp³-hybridized carbons (Fsp3) is 0.357. The first-order valence-electron chi connectivity index (χ1n) is 6.29. The lowest BCUT2D eigenvalue weighted by Gasteiger charge is -2.35. The second-order valence-corrected chi connectivity index (χ2v) is 7.16. The molecule has 0 saturated heterocycles. The number of thiophene rings is 1. The van der Waals surface area contributed by atoms with E-state index in [4.69, 9.17) is 0 Å². The van der Waals surface area contributed by atoms with Crippen LogP contribution in [0.2, 0.25) is 0 Å². The van der Waals surface area contributed by atoms with Gasteiger partial charge in [-0.15, -0.1) is 11.3 Å². The van der Waals surface area contributed by atoms with Gasteiger partial charge in [-0.3, -0.25) is 4.79 Å². The van der Waals surface area contributed by atoms with Crippen molar-refractivity contribution in [1.29, 1.82) is 0 Å². The van der Waals surface area contributed by atoms with Crippen molar-refractivity contribution in [3.63, 3.8) is 0 Å². The highest BCUT2D eigenvalue weighted by Crippen LogP contribution is 2.30. The molecule has 0 bridgehead atoms. The van der Waals surface area contributed by atoms with E-state index in [0.29, 0.717) is 0 Å². The number of aromatic nitrogens is 1. The summed E-state index contributed by atoms with van der Waals surface area (Å²) in [5, 5.41) is 1.91. The summed E-state index contributed by atoms with van der Waals surface area (Å²) in [6, 6.07) is 6.29. The van der Waals surface area contributed by atoms with Crippen LogP contribution in [0.5, 0.6) is 0 Å². The molecule has 0 saturated carbocycles. The normalized spacial score (nSPS) is 18.5. The molecule has 1 unspecified atom stereocenters. The highest BCUT2D eigenvalue weighted by molar-refractivity contribution is 9.11. The number of amides is 1. The van der Waals surface area contributed by atoms with Crippen LogP contribution in [0.1, 0.15) is 34.7 Å². The van der Waals surface area contributed by atoms with Gasteiger partial charge >= 0.3 is 0 Å². The lowest BCUT2D eigenvalue weighted by Crippen LogP contribution is -2.40. The zero-order valence-electron chi connectivity index (χ0n) is 10.9. The first kappa shape index (κ1) is 12.9. The third-order valence-corrected chi connectivity index (χ3v) is 5.27. The van der Waals surface area contributed by atoms with Crippen molar-refractivity contribution in [3.8, 4) is 0 Å². The van der Waals surface area contributed by atoms with E-state index in [9.17, 15) is 4.79 Å². The Morgan fingerprint density at radius 1 is 1.42 bits per heavy atom. The third kappa shape index (κ3) is 2.15. The first-order chi connectivity index (χ1) is 9.08. The first-order valence-corrected chi connectivity index (χ1v) is 7.96. The molecule has 2 aromatic heterocycles. The molecule has 0 spiro atoms. The molecule has 3 rings (SSSR count). The van der Waals surface area contributed by atoms with Gasteiger partial charge in [0, 0.05) is 29.9 Å². The van der Waals surface area contributed by atoms with E-state index >= 15 is 0 Å². The van der Waals surface area contributed by atoms with Crippen molar-refractivity contribution in [2.45, 2.75) is 26.4 Å². The molecule has 100 valence electrons. The molecule has 0 N–H and O–H groups in total. The van der Waals surface area contributed by atoms with Gasteiger partial charge in [-0.05, 0) is 48.0 Å². The maximum absolute atomic E-state index is 12.5. The zero-order valence-corrected chi connectivity index (χ0v) is 13.3. The summed E-state index contributed by atoms with van der Waals surface area (Å²) in [5.41, 5.74) is 3.28. The average molecular weight is 339 g/mol. The van der Waals surface area contributed by atoms with Gasteiger partial charge in [0.25, 0.3) is 5.91 Å². The smallest absolute Gasteiger partial charge is 0.255 e. The van der Waals surface area contributed by atoms with Gasteiger partial charge in [0.2, 0.25) is 0 Å². The summed E-state index contributed by atoms with van der Waals surface area (Å²) >= 11 is 4.96. The van der Waals surface area contributed by atoms with Crippen LogP contribution < -0.4 is 0 Å². The second kappa shape index (κ2) is 4.80. The maximum atomic E-state index is 12.5. The molecule has 0 fully saturated rings. The van der Waals surface area contributed by atoms with Crippen LogP contribution in [0.25, 0.3) is 0 Å². The fourth-order valence-corrected chi connectivity index (χ4v) is 3.82. The Hall–Kier alpha value is -1.07. The second-order valence-electron chi connectivity index (χ2n) is 4.87. The van der Waals surface area contributed by atoms with Crippen molar-refractivity contribution in [1.82, 2.24) is 9.47 Å². The van der Waals surface area contributed by atoms with E-state index in [-0.39, 0.29) is 11.9 Å². The van der Waals surface area contributed by atoms with E-state index in [1.807, 2.05) is 16.3 Å². The van der Waals surface area contributed by atoms with Gasteiger partial charge < -0.3 is 9.47 Å². The number of aryl methyl sites for hydroxylation is 1. The molecule has 1 aliphatic rings. The third-order valence-electron chi connectivity index (χ3n) is 3.77. The van der Waals surface area contributed by atoms with E-state index < -0.39 is 0 Å². The molecule has 1 amide bonds. The molecule has 0 aromatic carbocycles. The molecular weight excluding hydrogens is 324 g/mol. The minimum absolute atomic E-state index is 0.125. The monoisotopic (exact) mass is 338 g/mol. The lowest BCUT2D eigenvalue weighted by atomic mass is 10.1. The quantitative estimate of drug-likeness (QED) is 0.775. The molecule has 3 heterocycles. The molecule has 0 aliphatic carbocycles. The Labute approximate surface area is 125 Å². The number of carbonyl (C=O) groups is 1. The largest absolute Gasteiger partial charge is 0.345 e. The van der Waals surface area contributed by atoms with Crippen molar-refractivity contribution < 1.29 is 4.79 Å². The van der Waals surface area contributed by atoms with E-state index in [0.717, 1.165) is 22.4 Å². The summed E-state index contributed by atoms with van der Waals surface area (Å²) < 4.78 is 3.30. The maximum Gasteiger partial charge on any atom is 0.255 e. The predicted octanol–water partition coefficient (Wildman–Crippen LogP) is 3.84. The zero-order chi connectivity index (χ0) is 13.6. The minimum Gasteiger partial charge on any atom is -0.345 e. The summed E-state index contributed by atoms with van der Waals surface area (Å²) in [6.45, 7) is 5.87. The van der Waals surface area contributed by atoms with Crippen LogP contribution in [0, 0.1) is 6.92 Å². The van der Waals surface area contributed by atoms with E-state index in [1.54, 1.807) is 11.3 Å². The molecule has 3 nitrogen and oxygen atoms in total. The van der Waals surface area contributed by atoms with Gasteiger partial charge in [0.15, 0.2) is 0 Å². The number of fused-ring (bicyclic) bond motifs is 1. The molecule has 19 heavy (non-hydrogen) atoms. The van der Waals surface area contributed by atoms with Crippen LogP contribution in [0.4, 0.5) is 0 Å². The molecular formula is C14H15BrN2OS. The topological polar surface area (TPSA) is 25.2 Å². The Bertz CT molecular complexity index is 631. The Kier molecular flexibility index (Phi) is 3.27. The molecule has 5 heteroatoms. The van der Waals surface area contributed by atoms with Crippen molar-refractivity contribution in [2.24, 2.45) is 0 Å². The Morgan fingerprint density at radius 2 is 2.21 bits per heavy atom. The highest BCUT2D eigenvalue weighted by Gasteiger charge is 2.29. The van der Waals surface area contributed by atoms with Gasteiger partial charge in [0.05, 0.1) is 15.4 Å². The summed E-state index contributed by atoms with van der Waals surface area (Å²) in [4.78, 5) is 14.5. The Balaban J connectivity index is 1.90. The number of rotatable bonds is 1. The molecule has 1 aliphatic heterocycles. The van der Waals surface area contributed by atoms with Crippen LogP contribution in [0.15, 0.2) is 27.4 Å². The van der Waals surface area contributed by atoms with Crippen LogP contribution >= 0.6 is 27.3 Å². The van der Waals surface area contributed by atoms with E-state index in [2.05, 4.69) is 46.5 Å². The molecule has 1 atom stereocenters. The number of hydrogen-bond donors (Lipinski definition) is 0. The SMILES string of the molecule is Cc1ccc2n1CCN(C(=O)c1csc(Br)c1)C2C. The molecule has 0 radical (unpaired) electrons. The molecule has 2 aromatic rings. The van der Waals surface area contributed by atoms with E-state index in [1.165, 1.54) is 11.4 Å². The van der Waals surface area contributed by atoms with Crippen molar-refractivity contribution in [3.05, 3.63) is 44.3 Å². The van der Waals surface area contributed by atoms with Crippen molar-refractivity contribution >= 4 is 33.2 Å².